The molecule has 0 radical (unpaired) electrons. The molecule has 1 N–H and O–H groups in total. The van der Waals surface area contributed by atoms with Crippen LogP contribution in [-0.2, 0) is 14.3 Å². The van der Waals surface area contributed by atoms with Gasteiger partial charge in [0.05, 0.1) is 4.91 Å². The summed E-state index contributed by atoms with van der Waals surface area (Å²) in [5.74, 6) is -0.755. The Morgan fingerprint density at radius 1 is 1.43 bits per heavy atom. The Kier molecular flexibility index (Phi) is 3.98. The number of allylic oxidation sites excluding steroid dienone is 1. The maximum absolute atomic E-state index is 12.6. The molecule has 1 saturated carbocycles. The number of nitrogens with zero attached hydrogens (tertiary/aromatic N) is 2. The molecule has 1 aliphatic carbocycles. The van der Waals surface area contributed by atoms with E-state index < -0.39 is 5.91 Å². The topological polar surface area (TPSA) is 63.2 Å². The van der Waals surface area contributed by atoms with Gasteiger partial charge in [0.15, 0.2) is 5.17 Å². The molecule has 21 heavy (non-hydrogen) atoms. The molecular formula is C14H21N3O3S. The molecule has 2 aliphatic heterocycles. The van der Waals surface area contributed by atoms with Gasteiger partial charge in [0.1, 0.15) is 0 Å². The summed E-state index contributed by atoms with van der Waals surface area (Å²) < 4.78 is 10.4. The van der Waals surface area contributed by atoms with E-state index in [1.54, 1.807) is 6.92 Å². The van der Waals surface area contributed by atoms with Gasteiger partial charge >= 0.3 is 0 Å². The highest BCUT2D eigenvalue weighted by Gasteiger charge is 2.43. The zero-order valence-corrected chi connectivity index (χ0v) is 13.5. The van der Waals surface area contributed by atoms with Crippen molar-refractivity contribution < 1.29 is 14.3 Å². The number of thioether (sulfide) groups is 1. The number of amidine groups is 1. The van der Waals surface area contributed by atoms with E-state index in [2.05, 4.69) is 15.2 Å². The highest BCUT2D eigenvalue weighted by atomic mass is 32.2. The third-order valence-electron chi connectivity index (χ3n) is 4.02. The molecular weight excluding hydrogens is 290 g/mol. The van der Waals surface area contributed by atoms with Gasteiger partial charge in [-0.2, -0.15) is 0 Å². The fourth-order valence-corrected chi connectivity index (χ4v) is 3.70. The fraction of sp³-hybridized carbons (Fsp3) is 0.714. The van der Waals surface area contributed by atoms with Gasteiger partial charge < -0.3 is 19.7 Å². The van der Waals surface area contributed by atoms with Crippen LogP contribution in [0.3, 0.4) is 0 Å². The van der Waals surface area contributed by atoms with Crippen LogP contribution in [-0.4, -0.2) is 49.2 Å². The van der Waals surface area contributed by atoms with Crippen LogP contribution in [0.1, 0.15) is 26.2 Å². The van der Waals surface area contributed by atoms with Gasteiger partial charge in [-0.05, 0) is 31.0 Å². The molecule has 0 bridgehead atoms. The summed E-state index contributed by atoms with van der Waals surface area (Å²) in [5, 5.41) is 3.78. The molecule has 0 aromatic rings. The predicted octanol–water partition coefficient (Wildman–Crippen LogP) is 1.50. The number of nitrogens with one attached hydrogen (secondary N) is 1. The van der Waals surface area contributed by atoms with E-state index >= 15 is 0 Å². The summed E-state index contributed by atoms with van der Waals surface area (Å²) in [4.78, 5) is 20.1. The molecule has 0 aromatic heterocycles. The van der Waals surface area contributed by atoms with E-state index in [0.717, 1.165) is 48.1 Å². The van der Waals surface area contributed by atoms with E-state index in [1.165, 1.54) is 26.0 Å². The van der Waals surface area contributed by atoms with Crippen LogP contribution in [0, 0.1) is 5.92 Å². The molecule has 3 aliphatic rings. The van der Waals surface area contributed by atoms with Crippen LogP contribution < -0.4 is 5.32 Å². The minimum absolute atomic E-state index is 0.148. The monoisotopic (exact) mass is 311 g/mol. The highest BCUT2D eigenvalue weighted by molar-refractivity contribution is 8.18. The van der Waals surface area contributed by atoms with E-state index in [1.807, 2.05) is 0 Å². The smallest absolute Gasteiger partial charge is 0.264 e. The normalized spacial score (nSPS) is 22.2. The number of hydrogen-bond acceptors (Lipinski definition) is 6. The average Bonchev–Trinajstić information content (AvgIpc) is 3.26. The molecule has 0 aromatic carbocycles. The second kappa shape index (κ2) is 5.62. The van der Waals surface area contributed by atoms with Crippen molar-refractivity contribution in [1.82, 2.24) is 10.2 Å². The summed E-state index contributed by atoms with van der Waals surface area (Å²) in [5.41, 5.74) is 1.14. The van der Waals surface area contributed by atoms with Crippen LogP contribution >= 0.6 is 11.8 Å². The average molecular weight is 311 g/mol. The van der Waals surface area contributed by atoms with Crippen molar-refractivity contribution in [2.24, 2.45) is 10.9 Å². The first-order valence-corrected chi connectivity index (χ1v) is 8.06. The molecule has 0 atom stereocenters. The number of amides is 1. The first kappa shape index (κ1) is 14.9. The predicted molar refractivity (Wildman–Crippen MR) is 81.5 cm³/mol. The number of aliphatic imine (C=N–C) groups is 1. The van der Waals surface area contributed by atoms with Crippen LogP contribution in [0.15, 0.2) is 15.6 Å². The lowest BCUT2D eigenvalue weighted by molar-refractivity contribution is -0.213. The summed E-state index contributed by atoms with van der Waals surface area (Å²) >= 11 is 1.47. The summed E-state index contributed by atoms with van der Waals surface area (Å²) in [6, 6.07) is 0. The van der Waals surface area contributed by atoms with Crippen molar-refractivity contribution in [3.63, 3.8) is 0 Å². The molecule has 1 fully saturated rings. The van der Waals surface area contributed by atoms with Crippen LogP contribution in [0.5, 0.6) is 0 Å². The number of carbonyl (C=O) groups excluding carboxylic acids is 1. The Bertz CT molecular complexity index is 510. The number of rotatable bonds is 5. The lowest BCUT2D eigenvalue weighted by Gasteiger charge is -2.27. The molecule has 7 heteroatoms. The Hall–Kier alpha value is -1.05. The summed E-state index contributed by atoms with van der Waals surface area (Å²) in [6.07, 6.45) is 3.35. The number of methoxy groups -OCH3 is 2. The fourth-order valence-electron chi connectivity index (χ4n) is 2.54. The zero-order valence-electron chi connectivity index (χ0n) is 12.6. The zero-order chi connectivity index (χ0) is 15.0. The lowest BCUT2D eigenvalue weighted by Crippen LogP contribution is -2.49. The van der Waals surface area contributed by atoms with Crippen molar-refractivity contribution in [2.75, 3.05) is 27.3 Å². The van der Waals surface area contributed by atoms with Crippen LogP contribution in [0.25, 0.3) is 0 Å². The standard InChI is InChI=1S/C14H21N3O3S/c1-14(19-2,20-3)16-12(18)11-10(9-5-6-9)17-8-4-7-15-13(17)21-11/h9H,4-8H2,1-3H3,(H,16,18). The maximum Gasteiger partial charge on any atom is 0.264 e. The second-order valence-corrected chi connectivity index (χ2v) is 6.55. The Morgan fingerprint density at radius 2 is 2.14 bits per heavy atom. The van der Waals surface area contributed by atoms with Crippen molar-refractivity contribution in [3.05, 3.63) is 10.6 Å². The number of carbonyl (C=O) groups is 1. The van der Waals surface area contributed by atoms with Gasteiger partial charge in [-0.1, -0.05) is 0 Å². The third kappa shape index (κ3) is 2.82. The Morgan fingerprint density at radius 3 is 2.76 bits per heavy atom. The molecule has 2 heterocycles. The summed E-state index contributed by atoms with van der Waals surface area (Å²) in [6.45, 7) is 3.49. The third-order valence-corrected chi connectivity index (χ3v) is 5.16. The van der Waals surface area contributed by atoms with Gasteiger partial charge in [-0.3, -0.25) is 9.79 Å². The van der Waals surface area contributed by atoms with E-state index in [4.69, 9.17) is 9.47 Å². The van der Waals surface area contributed by atoms with Gasteiger partial charge in [0, 0.05) is 45.8 Å². The van der Waals surface area contributed by atoms with E-state index in [-0.39, 0.29) is 5.91 Å². The molecule has 1 amide bonds. The largest absolute Gasteiger partial charge is 0.336 e. The molecule has 116 valence electrons. The van der Waals surface area contributed by atoms with Crippen molar-refractivity contribution in [2.45, 2.75) is 32.1 Å². The molecule has 3 rings (SSSR count). The van der Waals surface area contributed by atoms with E-state index in [0.29, 0.717) is 5.92 Å². The van der Waals surface area contributed by atoms with Crippen LogP contribution in [0.2, 0.25) is 0 Å². The molecule has 0 spiro atoms. The van der Waals surface area contributed by atoms with Gasteiger partial charge in [-0.25, -0.2) is 0 Å². The van der Waals surface area contributed by atoms with Crippen LogP contribution in [0.4, 0.5) is 0 Å². The molecule has 0 unspecified atom stereocenters. The maximum atomic E-state index is 12.6. The molecule has 0 saturated heterocycles. The summed E-state index contributed by atoms with van der Waals surface area (Å²) in [7, 11) is 3.02. The minimum atomic E-state index is -1.11. The number of hydrogen-bond donors (Lipinski definition) is 1. The number of fused-ring (bicyclic) bond motifs is 1. The number of ether oxygens (including phenoxy) is 2. The minimum Gasteiger partial charge on any atom is -0.336 e. The van der Waals surface area contributed by atoms with Crippen molar-refractivity contribution in [3.8, 4) is 0 Å². The molecule has 6 nitrogen and oxygen atoms in total. The first-order chi connectivity index (χ1) is 10.1. The van der Waals surface area contributed by atoms with E-state index in [9.17, 15) is 4.79 Å². The first-order valence-electron chi connectivity index (χ1n) is 7.25. The van der Waals surface area contributed by atoms with Gasteiger partial charge in [0.25, 0.3) is 5.91 Å². The Labute approximate surface area is 128 Å². The van der Waals surface area contributed by atoms with Gasteiger partial charge in [0.2, 0.25) is 5.91 Å². The van der Waals surface area contributed by atoms with Crippen molar-refractivity contribution in [1.29, 1.82) is 0 Å². The lowest BCUT2D eigenvalue weighted by atomic mass is 10.2. The quantitative estimate of drug-likeness (QED) is 0.780. The Balaban J connectivity index is 1.85. The SMILES string of the molecule is COC(C)(NC(=O)C1=C(C2CC2)N2CCCN=C2S1)OC. The van der Waals surface area contributed by atoms with Crippen molar-refractivity contribution >= 4 is 22.8 Å². The van der Waals surface area contributed by atoms with Gasteiger partial charge in [-0.15, -0.1) is 0 Å². The second-order valence-electron chi connectivity index (χ2n) is 5.57. The highest BCUT2D eigenvalue weighted by Crippen LogP contribution is 2.48.